The van der Waals surface area contributed by atoms with E-state index in [-0.39, 0.29) is 6.04 Å². The first-order chi connectivity index (χ1) is 10.1. The van der Waals surface area contributed by atoms with E-state index in [9.17, 15) is 0 Å². The molecule has 0 radical (unpaired) electrons. The molecule has 0 saturated heterocycles. The summed E-state index contributed by atoms with van der Waals surface area (Å²) in [7, 11) is 3.67. The van der Waals surface area contributed by atoms with Gasteiger partial charge in [-0.15, -0.1) is 0 Å². The van der Waals surface area contributed by atoms with E-state index in [4.69, 9.17) is 4.74 Å². The first-order valence-corrected chi connectivity index (χ1v) is 7.94. The Hall–Kier alpha value is -1.33. The molecule has 114 valence electrons. The third-order valence-electron chi connectivity index (χ3n) is 3.53. The number of benzene rings is 1. The van der Waals surface area contributed by atoms with Gasteiger partial charge in [0, 0.05) is 12.1 Å². The standard InChI is InChI=1S/C16H22BrN3O/c1-5-8-20-16(13(17)10-19-20)15(18-3)12-7-6-11(2)9-14(12)21-4/h6-7,9-10,15,18H,5,8H2,1-4H3. The van der Waals surface area contributed by atoms with E-state index in [1.165, 1.54) is 5.56 Å². The molecule has 0 aliphatic rings. The van der Waals surface area contributed by atoms with Crippen molar-refractivity contribution in [3.63, 3.8) is 0 Å². The topological polar surface area (TPSA) is 39.1 Å². The summed E-state index contributed by atoms with van der Waals surface area (Å²) in [4.78, 5) is 0. The monoisotopic (exact) mass is 351 g/mol. The lowest BCUT2D eigenvalue weighted by Crippen LogP contribution is -2.22. The Labute approximate surface area is 134 Å². The highest BCUT2D eigenvalue weighted by Crippen LogP contribution is 2.34. The number of hydrogen-bond donors (Lipinski definition) is 1. The van der Waals surface area contributed by atoms with E-state index in [0.29, 0.717) is 0 Å². The van der Waals surface area contributed by atoms with Gasteiger partial charge in [-0.05, 0) is 48.0 Å². The number of nitrogens with one attached hydrogen (secondary N) is 1. The van der Waals surface area contributed by atoms with Crippen molar-refractivity contribution in [2.45, 2.75) is 32.9 Å². The molecule has 21 heavy (non-hydrogen) atoms. The minimum atomic E-state index is 0.0315. The molecule has 1 atom stereocenters. The summed E-state index contributed by atoms with van der Waals surface area (Å²) in [6.07, 6.45) is 2.90. The molecule has 0 bridgehead atoms. The predicted octanol–water partition coefficient (Wildman–Crippen LogP) is 3.68. The second-order valence-corrected chi connectivity index (χ2v) is 5.92. The van der Waals surface area contributed by atoms with Crippen molar-refractivity contribution in [3.8, 4) is 5.75 Å². The normalized spacial score (nSPS) is 12.4. The van der Waals surface area contributed by atoms with E-state index in [1.807, 2.05) is 17.9 Å². The zero-order valence-electron chi connectivity index (χ0n) is 13.0. The third-order valence-corrected chi connectivity index (χ3v) is 4.14. The minimum absolute atomic E-state index is 0.0315. The van der Waals surface area contributed by atoms with Crippen LogP contribution < -0.4 is 10.1 Å². The molecule has 1 heterocycles. The van der Waals surface area contributed by atoms with Gasteiger partial charge in [-0.1, -0.05) is 19.1 Å². The lowest BCUT2D eigenvalue weighted by Gasteiger charge is -2.21. The van der Waals surface area contributed by atoms with Crippen LogP contribution in [0.1, 0.15) is 36.2 Å². The molecule has 0 aliphatic carbocycles. The number of aryl methyl sites for hydroxylation is 2. The summed E-state index contributed by atoms with van der Waals surface area (Å²) in [6, 6.07) is 6.32. The zero-order valence-corrected chi connectivity index (χ0v) is 14.6. The predicted molar refractivity (Wildman–Crippen MR) is 88.9 cm³/mol. The molecule has 0 aliphatic heterocycles. The fraction of sp³-hybridized carbons (Fsp3) is 0.438. The highest BCUT2D eigenvalue weighted by Gasteiger charge is 2.23. The van der Waals surface area contributed by atoms with Gasteiger partial charge in [0.25, 0.3) is 0 Å². The smallest absolute Gasteiger partial charge is 0.124 e. The van der Waals surface area contributed by atoms with Gasteiger partial charge in [0.05, 0.1) is 29.5 Å². The van der Waals surface area contributed by atoms with Crippen LogP contribution in [0.15, 0.2) is 28.9 Å². The molecule has 2 aromatic rings. The van der Waals surface area contributed by atoms with Crippen molar-refractivity contribution < 1.29 is 4.74 Å². The SMILES string of the molecule is CCCn1ncc(Br)c1C(NC)c1ccc(C)cc1OC. The molecule has 1 aromatic carbocycles. The Bertz CT molecular complexity index is 610. The molecule has 0 fully saturated rings. The number of methoxy groups -OCH3 is 1. The summed E-state index contributed by atoms with van der Waals surface area (Å²) < 4.78 is 8.62. The van der Waals surface area contributed by atoms with Gasteiger partial charge in [-0.2, -0.15) is 5.10 Å². The molecule has 2 rings (SSSR count). The van der Waals surface area contributed by atoms with E-state index < -0.39 is 0 Å². The van der Waals surface area contributed by atoms with Gasteiger partial charge in [-0.25, -0.2) is 0 Å². The number of nitrogens with zero attached hydrogens (tertiary/aromatic N) is 2. The Balaban J connectivity index is 2.52. The Morgan fingerprint density at radius 3 is 2.81 bits per heavy atom. The largest absolute Gasteiger partial charge is 0.496 e. The van der Waals surface area contributed by atoms with Crippen molar-refractivity contribution in [2.24, 2.45) is 0 Å². The van der Waals surface area contributed by atoms with Crippen LogP contribution in [0.3, 0.4) is 0 Å². The van der Waals surface area contributed by atoms with Gasteiger partial charge in [-0.3, -0.25) is 4.68 Å². The zero-order chi connectivity index (χ0) is 15.4. The van der Waals surface area contributed by atoms with E-state index in [2.05, 4.69) is 58.4 Å². The van der Waals surface area contributed by atoms with Gasteiger partial charge in [0.15, 0.2) is 0 Å². The van der Waals surface area contributed by atoms with Gasteiger partial charge >= 0.3 is 0 Å². The summed E-state index contributed by atoms with van der Waals surface area (Å²) in [6.45, 7) is 5.12. The summed E-state index contributed by atoms with van der Waals surface area (Å²) in [5.41, 5.74) is 3.43. The van der Waals surface area contributed by atoms with Gasteiger partial charge < -0.3 is 10.1 Å². The van der Waals surface area contributed by atoms with Crippen LogP contribution in [-0.4, -0.2) is 23.9 Å². The maximum atomic E-state index is 5.56. The quantitative estimate of drug-likeness (QED) is 0.862. The van der Waals surface area contributed by atoms with Crippen molar-refractivity contribution in [1.82, 2.24) is 15.1 Å². The second kappa shape index (κ2) is 7.09. The lowest BCUT2D eigenvalue weighted by molar-refractivity contribution is 0.403. The highest BCUT2D eigenvalue weighted by atomic mass is 79.9. The fourth-order valence-corrected chi connectivity index (χ4v) is 3.07. The summed E-state index contributed by atoms with van der Waals surface area (Å²) >= 11 is 3.62. The molecular weight excluding hydrogens is 330 g/mol. The van der Waals surface area contributed by atoms with Crippen LogP contribution in [0.2, 0.25) is 0 Å². The van der Waals surface area contributed by atoms with Crippen LogP contribution in [0.25, 0.3) is 0 Å². The first-order valence-electron chi connectivity index (χ1n) is 7.15. The second-order valence-electron chi connectivity index (χ2n) is 5.07. The summed E-state index contributed by atoms with van der Waals surface area (Å²) in [5, 5.41) is 7.85. The van der Waals surface area contributed by atoms with Crippen LogP contribution in [0, 0.1) is 6.92 Å². The van der Waals surface area contributed by atoms with Gasteiger partial charge in [0.1, 0.15) is 5.75 Å². The van der Waals surface area contributed by atoms with Crippen LogP contribution >= 0.6 is 15.9 Å². The maximum absolute atomic E-state index is 5.56. The molecule has 4 nitrogen and oxygen atoms in total. The number of ether oxygens (including phenoxy) is 1. The van der Waals surface area contributed by atoms with Crippen LogP contribution in [0.5, 0.6) is 5.75 Å². The van der Waals surface area contributed by atoms with Crippen LogP contribution in [0.4, 0.5) is 0 Å². The van der Waals surface area contributed by atoms with E-state index in [1.54, 1.807) is 7.11 Å². The maximum Gasteiger partial charge on any atom is 0.124 e. The fourth-order valence-electron chi connectivity index (χ4n) is 2.55. The van der Waals surface area contributed by atoms with E-state index >= 15 is 0 Å². The minimum Gasteiger partial charge on any atom is -0.496 e. The molecule has 5 heteroatoms. The summed E-state index contributed by atoms with van der Waals surface area (Å²) in [5.74, 6) is 0.894. The first kappa shape index (κ1) is 16.0. The number of hydrogen-bond acceptors (Lipinski definition) is 3. The van der Waals surface area contributed by atoms with Crippen LogP contribution in [-0.2, 0) is 6.54 Å². The average Bonchev–Trinajstić information content (AvgIpc) is 2.83. The molecule has 1 aromatic heterocycles. The molecule has 0 saturated carbocycles. The molecule has 0 amide bonds. The highest BCUT2D eigenvalue weighted by molar-refractivity contribution is 9.10. The Kier molecular flexibility index (Phi) is 5.42. The third kappa shape index (κ3) is 3.30. The number of aromatic nitrogens is 2. The Morgan fingerprint density at radius 1 is 1.43 bits per heavy atom. The molecule has 1 unspecified atom stereocenters. The molecular formula is C16H22BrN3O. The van der Waals surface area contributed by atoms with Gasteiger partial charge in [0.2, 0.25) is 0 Å². The molecule has 1 N–H and O–H groups in total. The lowest BCUT2D eigenvalue weighted by atomic mass is 10.0. The van der Waals surface area contributed by atoms with Crippen molar-refractivity contribution in [2.75, 3.05) is 14.2 Å². The van der Waals surface area contributed by atoms with Crippen molar-refractivity contribution in [1.29, 1.82) is 0 Å². The molecule has 0 spiro atoms. The number of halogens is 1. The average molecular weight is 352 g/mol. The number of rotatable bonds is 6. The van der Waals surface area contributed by atoms with Crippen molar-refractivity contribution >= 4 is 15.9 Å². The van der Waals surface area contributed by atoms with Crippen molar-refractivity contribution in [3.05, 3.63) is 45.7 Å². The Morgan fingerprint density at radius 2 is 2.19 bits per heavy atom. The van der Waals surface area contributed by atoms with E-state index in [0.717, 1.165) is 34.4 Å².